The first-order valence-electron chi connectivity index (χ1n) is 9.37. The Morgan fingerprint density at radius 1 is 1.00 bits per heavy atom. The molecule has 0 radical (unpaired) electrons. The van der Waals surface area contributed by atoms with E-state index in [4.69, 9.17) is 22.3 Å². The number of hydrogen-bond donors (Lipinski definition) is 3. The molecule has 0 fully saturated rings. The van der Waals surface area contributed by atoms with Crippen LogP contribution in [0.25, 0.3) is 10.9 Å². The molecule has 1 aromatic heterocycles. The van der Waals surface area contributed by atoms with Gasteiger partial charge in [0.25, 0.3) is 0 Å². The molecule has 5 heteroatoms. The molecule has 0 amide bonds. The van der Waals surface area contributed by atoms with Crippen molar-refractivity contribution in [1.82, 2.24) is 4.98 Å². The molecule has 4 N–H and O–H groups in total. The van der Waals surface area contributed by atoms with Crippen molar-refractivity contribution < 1.29 is 5.11 Å². The highest BCUT2D eigenvalue weighted by Gasteiger charge is 2.19. The van der Waals surface area contributed by atoms with Crippen molar-refractivity contribution in [1.29, 1.82) is 0 Å². The van der Waals surface area contributed by atoms with Gasteiger partial charge in [0, 0.05) is 21.5 Å². The molecule has 0 bridgehead atoms. The Hall–Kier alpha value is -3.08. The fourth-order valence-electron chi connectivity index (χ4n) is 3.36. The van der Waals surface area contributed by atoms with Crippen LogP contribution < -0.4 is 5.73 Å². The van der Waals surface area contributed by atoms with E-state index in [1.807, 2.05) is 74.5 Å². The number of rotatable bonds is 4. The lowest BCUT2D eigenvalue weighted by atomic mass is 9.95. The standard InChI is InChI=1S/C24H22ClN3O/c1-24(2,26)16-9-6-10-18(13-16)27-22(15-7-4-3-5-8-15)21-19-12-11-17(25)14-20(19)28-23(21)29/h3-14,28-29H,26H2,1-2H3. The van der Waals surface area contributed by atoms with Crippen LogP contribution in [0.5, 0.6) is 5.88 Å². The predicted octanol–water partition coefficient (Wildman–Crippen LogP) is 5.89. The zero-order chi connectivity index (χ0) is 20.6. The van der Waals surface area contributed by atoms with E-state index < -0.39 is 5.54 Å². The van der Waals surface area contributed by atoms with Crippen molar-refractivity contribution >= 4 is 33.9 Å². The Labute approximate surface area is 174 Å². The summed E-state index contributed by atoms with van der Waals surface area (Å²) in [5.41, 5.74) is 10.5. The van der Waals surface area contributed by atoms with Crippen LogP contribution in [0.3, 0.4) is 0 Å². The molecule has 0 saturated carbocycles. The summed E-state index contributed by atoms with van der Waals surface area (Å²) < 4.78 is 0. The van der Waals surface area contributed by atoms with Crippen LogP contribution in [0, 0.1) is 0 Å². The maximum absolute atomic E-state index is 10.7. The third-order valence-electron chi connectivity index (χ3n) is 4.86. The van der Waals surface area contributed by atoms with Gasteiger partial charge in [0.15, 0.2) is 5.88 Å². The smallest absolute Gasteiger partial charge is 0.199 e. The van der Waals surface area contributed by atoms with Crippen LogP contribution in [0.15, 0.2) is 77.8 Å². The minimum Gasteiger partial charge on any atom is -0.494 e. The predicted molar refractivity (Wildman–Crippen MR) is 120 cm³/mol. The van der Waals surface area contributed by atoms with E-state index in [0.29, 0.717) is 16.3 Å². The summed E-state index contributed by atoms with van der Waals surface area (Å²) in [5.74, 6) is 0.0557. The molecule has 0 unspecified atom stereocenters. The van der Waals surface area contributed by atoms with Crippen LogP contribution in [0.2, 0.25) is 5.02 Å². The third-order valence-corrected chi connectivity index (χ3v) is 5.09. The van der Waals surface area contributed by atoms with E-state index in [-0.39, 0.29) is 5.88 Å². The van der Waals surface area contributed by atoms with Gasteiger partial charge in [-0.2, -0.15) is 0 Å². The van der Waals surface area contributed by atoms with Crippen molar-refractivity contribution in [2.24, 2.45) is 10.7 Å². The summed E-state index contributed by atoms with van der Waals surface area (Å²) in [7, 11) is 0. The van der Waals surface area contributed by atoms with Crippen LogP contribution >= 0.6 is 11.6 Å². The lowest BCUT2D eigenvalue weighted by molar-refractivity contribution is 0.457. The molecular formula is C24H22ClN3O. The van der Waals surface area contributed by atoms with Crippen molar-refractivity contribution in [3.05, 3.63) is 94.5 Å². The van der Waals surface area contributed by atoms with Crippen molar-refractivity contribution in [2.45, 2.75) is 19.4 Å². The SMILES string of the molecule is CC(C)(N)c1cccc(N=C(c2ccccc2)c2c(O)[nH]c3cc(Cl)ccc23)c1. The molecule has 0 spiro atoms. The van der Waals surface area contributed by atoms with Gasteiger partial charge in [-0.05, 0) is 43.7 Å². The summed E-state index contributed by atoms with van der Waals surface area (Å²) in [6.45, 7) is 3.92. The maximum Gasteiger partial charge on any atom is 0.199 e. The van der Waals surface area contributed by atoms with E-state index in [1.54, 1.807) is 12.1 Å². The summed E-state index contributed by atoms with van der Waals surface area (Å²) >= 11 is 6.12. The van der Waals surface area contributed by atoms with Gasteiger partial charge in [-0.25, -0.2) is 4.99 Å². The number of aliphatic imine (C=N–C) groups is 1. The second-order valence-electron chi connectivity index (χ2n) is 7.64. The van der Waals surface area contributed by atoms with Crippen molar-refractivity contribution in [3.8, 4) is 5.88 Å². The lowest BCUT2D eigenvalue weighted by Gasteiger charge is -2.19. The topological polar surface area (TPSA) is 74.4 Å². The number of benzene rings is 3. The van der Waals surface area contributed by atoms with E-state index in [1.165, 1.54) is 0 Å². The molecular weight excluding hydrogens is 382 g/mol. The van der Waals surface area contributed by atoms with Gasteiger partial charge in [-0.3, -0.25) is 0 Å². The van der Waals surface area contributed by atoms with E-state index in [2.05, 4.69) is 4.98 Å². The highest BCUT2D eigenvalue weighted by Crippen LogP contribution is 2.33. The maximum atomic E-state index is 10.7. The fourth-order valence-corrected chi connectivity index (χ4v) is 3.53. The molecule has 29 heavy (non-hydrogen) atoms. The minimum absolute atomic E-state index is 0.0557. The number of aromatic hydroxyl groups is 1. The molecule has 4 rings (SSSR count). The average Bonchev–Trinajstić information content (AvgIpc) is 3.01. The number of aromatic nitrogens is 1. The zero-order valence-electron chi connectivity index (χ0n) is 16.3. The summed E-state index contributed by atoms with van der Waals surface area (Å²) in [6.07, 6.45) is 0. The number of aromatic amines is 1. The normalized spacial score (nSPS) is 12.5. The number of nitrogens with zero attached hydrogens (tertiary/aromatic N) is 1. The molecule has 4 nitrogen and oxygen atoms in total. The Morgan fingerprint density at radius 2 is 1.76 bits per heavy atom. The highest BCUT2D eigenvalue weighted by atomic mass is 35.5. The largest absolute Gasteiger partial charge is 0.494 e. The van der Waals surface area contributed by atoms with Gasteiger partial charge in [0.05, 0.1) is 22.5 Å². The van der Waals surface area contributed by atoms with E-state index in [9.17, 15) is 5.11 Å². The summed E-state index contributed by atoms with van der Waals surface area (Å²) in [4.78, 5) is 7.94. The highest BCUT2D eigenvalue weighted by molar-refractivity contribution is 6.31. The van der Waals surface area contributed by atoms with Crippen LogP contribution in [-0.4, -0.2) is 15.8 Å². The number of hydrogen-bond acceptors (Lipinski definition) is 3. The molecule has 4 aromatic rings. The number of fused-ring (bicyclic) bond motifs is 1. The Morgan fingerprint density at radius 3 is 2.48 bits per heavy atom. The molecule has 0 atom stereocenters. The van der Waals surface area contributed by atoms with Crippen LogP contribution in [-0.2, 0) is 5.54 Å². The second kappa shape index (κ2) is 7.39. The molecule has 146 valence electrons. The monoisotopic (exact) mass is 403 g/mol. The van der Waals surface area contributed by atoms with Crippen LogP contribution in [0.1, 0.15) is 30.5 Å². The zero-order valence-corrected chi connectivity index (χ0v) is 17.0. The van der Waals surface area contributed by atoms with Crippen LogP contribution in [0.4, 0.5) is 5.69 Å². The molecule has 0 aliphatic rings. The first-order valence-corrected chi connectivity index (χ1v) is 9.75. The van der Waals surface area contributed by atoms with Gasteiger partial charge < -0.3 is 15.8 Å². The van der Waals surface area contributed by atoms with Crippen molar-refractivity contribution in [3.63, 3.8) is 0 Å². The number of H-pyrrole nitrogens is 1. The van der Waals surface area contributed by atoms with E-state index >= 15 is 0 Å². The summed E-state index contributed by atoms with van der Waals surface area (Å²) in [5, 5.41) is 12.2. The second-order valence-corrected chi connectivity index (χ2v) is 8.07. The Balaban J connectivity index is 1.96. The number of nitrogens with one attached hydrogen (secondary N) is 1. The van der Waals surface area contributed by atoms with Gasteiger partial charge in [-0.1, -0.05) is 60.1 Å². The quantitative estimate of drug-likeness (QED) is 0.371. The first-order chi connectivity index (χ1) is 13.8. The molecule has 3 aromatic carbocycles. The van der Waals surface area contributed by atoms with Gasteiger partial charge in [0.2, 0.25) is 0 Å². The average molecular weight is 404 g/mol. The number of nitrogens with two attached hydrogens (primary N) is 1. The fraction of sp³-hybridized carbons (Fsp3) is 0.125. The van der Waals surface area contributed by atoms with Gasteiger partial charge in [0.1, 0.15) is 0 Å². The minimum atomic E-state index is -0.474. The van der Waals surface area contributed by atoms with Gasteiger partial charge in [-0.15, -0.1) is 0 Å². The lowest BCUT2D eigenvalue weighted by Crippen LogP contribution is -2.28. The molecule has 1 heterocycles. The molecule has 0 aliphatic carbocycles. The van der Waals surface area contributed by atoms with Gasteiger partial charge >= 0.3 is 0 Å². The number of halogens is 1. The Kier molecular flexibility index (Phi) is 4.91. The first kappa shape index (κ1) is 19.2. The van der Waals surface area contributed by atoms with E-state index in [0.717, 1.165) is 27.7 Å². The summed E-state index contributed by atoms with van der Waals surface area (Å²) in [6, 6.07) is 23.1. The molecule has 0 saturated heterocycles. The molecule has 0 aliphatic heterocycles. The Bertz CT molecular complexity index is 1200. The third kappa shape index (κ3) is 3.90. The van der Waals surface area contributed by atoms with Crippen molar-refractivity contribution in [2.75, 3.05) is 0 Å².